The molecule has 1 fully saturated rings. The summed E-state index contributed by atoms with van der Waals surface area (Å²) in [5, 5.41) is 0. The molecular formula is C14H21BrN2O. The Morgan fingerprint density at radius 3 is 3.00 bits per heavy atom. The molecule has 1 saturated heterocycles. The van der Waals surface area contributed by atoms with Gasteiger partial charge in [0.1, 0.15) is 12.4 Å². The van der Waals surface area contributed by atoms with Crippen molar-refractivity contribution in [2.45, 2.75) is 31.8 Å². The van der Waals surface area contributed by atoms with Crippen molar-refractivity contribution in [3.8, 4) is 5.75 Å². The second kappa shape index (κ2) is 6.55. The quantitative estimate of drug-likeness (QED) is 0.929. The number of piperidine rings is 1. The van der Waals surface area contributed by atoms with E-state index >= 15 is 0 Å². The van der Waals surface area contributed by atoms with Gasteiger partial charge in [-0.15, -0.1) is 0 Å². The SMILES string of the molecule is CN1CCCCC1COc1cc(Br)ccc1CN. The lowest BCUT2D eigenvalue weighted by atomic mass is 10.0. The van der Waals surface area contributed by atoms with Crippen LogP contribution in [0.15, 0.2) is 22.7 Å². The van der Waals surface area contributed by atoms with E-state index < -0.39 is 0 Å². The predicted molar refractivity (Wildman–Crippen MR) is 77.8 cm³/mol. The summed E-state index contributed by atoms with van der Waals surface area (Å²) in [6, 6.07) is 6.56. The first-order chi connectivity index (χ1) is 8.70. The Bertz CT molecular complexity index is 397. The number of hydrogen-bond donors (Lipinski definition) is 1. The van der Waals surface area contributed by atoms with Gasteiger partial charge in [-0.05, 0) is 38.6 Å². The lowest BCUT2D eigenvalue weighted by Crippen LogP contribution is -2.40. The summed E-state index contributed by atoms with van der Waals surface area (Å²) in [7, 11) is 2.18. The van der Waals surface area contributed by atoms with Crippen molar-refractivity contribution in [1.29, 1.82) is 0 Å². The molecule has 2 N–H and O–H groups in total. The Hall–Kier alpha value is -0.580. The Kier molecular flexibility index (Phi) is 5.03. The van der Waals surface area contributed by atoms with Crippen molar-refractivity contribution in [2.75, 3.05) is 20.2 Å². The van der Waals surface area contributed by atoms with Gasteiger partial charge >= 0.3 is 0 Å². The first-order valence-electron chi connectivity index (χ1n) is 6.52. The molecule has 0 saturated carbocycles. The maximum atomic E-state index is 5.97. The van der Waals surface area contributed by atoms with Crippen molar-refractivity contribution in [3.05, 3.63) is 28.2 Å². The van der Waals surface area contributed by atoms with E-state index in [0.29, 0.717) is 12.6 Å². The molecule has 1 aromatic carbocycles. The van der Waals surface area contributed by atoms with Crippen LogP contribution in [0, 0.1) is 0 Å². The summed E-state index contributed by atoms with van der Waals surface area (Å²) in [6.07, 6.45) is 3.83. The molecule has 1 aromatic rings. The number of nitrogens with zero attached hydrogens (tertiary/aromatic N) is 1. The van der Waals surface area contributed by atoms with E-state index in [1.807, 2.05) is 18.2 Å². The van der Waals surface area contributed by atoms with Crippen LogP contribution in [0.3, 0.4) is 0 Å². The van der Waals surface area contributed by atoms with Crippen LogP contribution in [0.2, 0.25) is 0 Å². The molecule has 0 spiro atoms. The van der Waals surface area contributed by atoms with Crippen molar-refractivity contribution in [2.24, 2.45) is 5.73 Å². The lowest BCUT2D eigenvalue weighted by Gasteiger charge is -2.32. The smallest absolute Gasteiger partial charge is 0.124 e. The van der Waals surface area contributed by atoms with Crippen LogP contribution in [0.5, 0.6) is 5.75 Å². The molecule has 0 aromatic heterocycles. The van der Waals surface area contributed by atoms with Gasteiger partial charge in [0.05, 0.1) is 0 Å². The lowest BCUT2D eigenvalue weighted by molar-refractivity contribution is 0.124. The van der Waals surface area contributed by atoms with Gasteiger partial charge in [-0.25, -0.2) is 0 Å². The van der Waals surface area contributed by atoms with Gasteiger partial charge in [-0.3, -0.25) is 0 Å². The zero-order chi connectivity index (χ0) is 13.0. The third-order valence-electron chi connectivity index (χ3n) is 3.60. The summed E-state index contributed by atoms with van der Waals surface area (Å²) in [6.45, 7) is 2.44. The fraction of sp³-hybridized carbons (Fsp3) is 0.571. The number of likely N-dealkylation sites (N-methyl/N-ethyl adjacent to an activating group) is 1. The monoisotopic (exact) mass is 312 g/mol. The van der Waals surface area contributed by atoms with Gasteiger partial charge in [0.15, 0.2) is 0 Å². The normalized spacial score (nSPS) is 20.9. The minimum absolute atomic E-state index is 0.517. The number of rotatable bonds is 4. The van der Waals surface area contributed by atoms with E-state index in [4.69, 9.17) is 10.5 Å². The maximum absolute atomic E-state index is 5.97. The van der Waals surface area contributed by atoms with E-state index in [2.05, 4.69) is 27.9 Å². The van der Waals surface area contributed by atoms with Gasteiger partial charge in [0, 0.05) is 22.6 Å². The van der Waals surface area contributed by atoms with Gasteiger partial charge < -0.3 is 15.4 Å². The first kappa shape index (κ1) is 13.8. The van der Waals surface area contributed by atoms with Gasteiger partial charge in [-0.2, -0.15) is 0 Å². The number of hydrogen-bond acceptors (Lipinski definition) is 3. The van der Waals surface area contributed by atoms with E-state index in [0.717, 1.165) is 22.4 Å². The van der Waals surface area contributed by atoms with Crippen LogP contribution < -0.4 is 10.5 Å². The Morgan fingerprint density at radius 1 is 1.44 bits per heavy atom. The first-order valence-corrected chi connectivity index (χ1v) is 7.31. The Labute approximate surface area is 117 Å². The minimum atomic E-state index is 0.517. The average molecular weight is 313 g/mol. The van der Waals surface area contributed by atoms with Crippen molar-refractivity contribution in [3.63, 3.8) is 0 Å². The Balaban J connectivity index is 1.98. The molecule has 0 aliphatic carbocycles. The second-order valence-electron chi connectivity index (χ2n) is 4.90. The fourth-order valence-electron chi connectivity index (χ4n) is 2.37. The minimum Gasteiger partial charge on any atom is -0.492 e. The van der Waals surface area contributed by atoms with E-state index in [1.165, 1.54) is 25.8 Å². The predicted octanol–water partition coefficient (Wildman–Crippen LogP) is 2.77. The van der Waals surface area contributed by atoms with Crippen LogP contribution in [-0.2, 0) is 6.54 Å². The topological polar surface area (TPSA) is 38.5 Å². The highest BCUT2D eigenvalue weighted by Gasteiger charge is 2.19. The highest BCUT2D eigenvalue weighted by Crippen LogP contribution is 2.24. The molecule has 4 heteroatoms. The number of halogens is 1. The van der Waals surface area contributed by atoms with E-state index in [9.17, 15) is 0 Å². The molecule has 0 bridgehead atoms. The van der Waals surface area contributed by atoms with Gasteiger partial charge in [-0.1, -0.05) is 28.4 Å². The molecule has 1 heterocycles. The Morgan fingerprint density at radius 2 is 2.28 bits per heavy atom. The van der Waals surface area contributed by atoms with Gasteiger partial charge in [0.25, 0.3) is 0 Å². The highest BCUT2D eigenvalue weighted by molar-refractivity contribution is 9.10. The molecule has 1 unspecified atom stereocenters. The summed E-state index contributed by atoms with van der Waals surface area (Å²) in [5.74, 6) is 0.908. The zero-order valence-electron chi connectivity index (χ0n) is 10.9. The van der Waals surface area contributed by atoms with Crippen LogP contribution in [0.1, 0.15) is 24.8 Å². The maximum Gasteiger partial charge on any atom is 0.124 e. The molecule has 3 nitrogen and oxygen atoms in total. The van der Waals surface area contributed by atoms with Crippen LogP contribution in [-0.4, -0.2) is 31.1 Å². The summed E-state index contributed by atoms with van der Waals surface area (Å²) >= 11 is 3.47. The average Bonchev–Trinajstić information content (AvgIpc) is 2.38. The summed E-state index contributed by atoms with van der Waals surface area (Å²) < 4.78 is 7.00. The molecule has 18 heavy (non-hydrogen) atoms. The number of nitrogens with two attached hydrogens (primary N) is 1. The number of benzene rings is 1. The standard InChI is InChI=1S/C14H21BrN2O/c1-17-7-3-2-4-13(17)10-18-14-8-12(15)6-5-11(14)9-16/h5-6,8,13H,2-4,7,9-10,16H2,1H3. The molecule has 100 valence electrons. The third-order valence-corrected chi connectivity index (χ3v) is 4.10. The van der Waals surface area contributed by atoms with Crippen molar-refractivity contribution in [1.82, 2.24) is 4.90 Å². The summed E-state index contributed by atoms with van der Waals surface area (Å²) in [5.41, 5.74) is 6.80. The van der Waals surface area contributed by atoms with E-state index in [1.54, 1.807) is 0 Å². The summed E-state index contributed by atoms with van der Waals surface area (Å²) in [4.78, 5) is 2.39. The number of ether oxygens (including phenoxy) is 1. The second-order valence-corrected chi connectivity index (χ2v) is 5.81. The molecule has 1 aliphatic rings. The largest absolute Gasteiger partial charge is 0.492 e. The molecule has 1 atom stereocenters. The van der Waals surface area contributed by atoms with Crippen molar-refractivity contribution >= 4 is 15.9 Å². The van der Waals surface area contributed by atoms with E-state index in [-0.39, 0.29) is 0 Å². The molecular weight excluding hydrogens is 292 g/mol. The number of likely N-dealkylation sites (tertiary alicyclic amines) is 1. The fourth-order valence-corrected chi connectivity index (χ4v) is 2.71. The van der Waals surface area contributed by atoms with Gasteiger partial charge in [0.2, 0.25) is 0 Å². The highest BCUT2D eigenvalue weighted by atomic mass is 79.9. The van der Waals surface area contributed by atoms with Crippen LogP contribution in [0.25, 0.3) is 0 Å². The molecule has 0 radical (unpaired) electrons. The molecule has 0 amide bonds. The van der Waals surface area contributed by atoms with Crippen molar-refractivity contribution < 1.29 is 4.74 Å². The third kappa shape index (κ3) is 3.46. The zero-order valence-corrected chi connectivity index (χ0v) is 12.4. The molecule has 1 aliphatic heterocycles. The van der Waals surface area contributed by atoms with Crippen LogP contribution in [0.4, 0.5) is 0 Å². The molecule has 2 rings (SSSR count). The van der Waals surface area contributed by atoms with Crippen LogP contribution >= 0.6 is 15.9 Å².